The van der Waals surface area contributed by atoms with Gasteiger partial charge in [-0.1, -0.05) is 42.5 Å². The second-order valence-electron chi connectivity index (χ2n) is 5.31. The van der Waals surface area contributed by atoms with Crippen molar-refractivity contribution < 1.29 is 4.74 Å². The van der Waals surface area contributed by atoms with Crippen molar-refractivity contribution in [2.24, 2.45) is 4.99 Å². The molecule has 122 valence electrons. The summed E-state index contributed by atoms with van der Waals surface area (Å²) in [5.41, 5.74) is 3.55. The number of aliphatic imine (C=N–C) groups is 1. The molecule has 4 nitrogen and oxygen atoms in total. The van der Waals surface area contributed by atoms with E-state index < -0.39 is 0 Å². The predicted octanol–water partition coefficient (Wildman–Crippen LogP) is 3.26. The molecule has 0 atom stereocenters. The highest BCUT2D eigenvalue weighted by molar-refractivity contribution is 5.79. The Morgan fingerprint density at radius 3 is 2.48 bits per heavy atom. The lowest BCUT2D eigenvalue weighted by molar-refractivity contribution is 0.336. The summed E-state index contributed by atoms with van der Waals surface area (Å²) >= 11 is 0. The van der Waals surface area contributed by atoms with Crippen LogP contribution in [0.15, 0.2) is 53.5 Å². The van der Waals surface area contributed by atoms with E-state index in [1.165, 1.54) is 11.1 Å². The molecule has 2 aromatic carbocycles. The number of ether oxygens (including phenoxy) is 1. The molecule has 0 saturated heterocycles. The minimum Gasteiger partial charge on any atom is -0.494 e. The summed E-state index contributed by atoms with van der Waals surface area (Å²) in [6.45, 7) is 6.15. The Balaban J connectivity index is 1.93. The maximum atomic E-state index is 5.71. The molecule has 2 N–H and O–H groups in total. The molecule has 0 heterocycles. The van der Waals surface area contributed by atoms with E-state index in [4.69, 9.17) is 4.74 Å². The quantitative estimate of drug-likeness (QED) is 0.636. The number of nitrogens with zero attached hydrogens (tertiary/aromatic N) is 1. The van der Waals surface area contributed by atoms with Gasteiger partial charge in [0.1, 0.15) is 5.75 Å². The van der Waals surface area contributed by atoms with Crippen LogP contribution in [-0.4, -0.2) is 19.6 Å². The van der Waals surface area contributed by atoms with Crippen LogP contribution >= 0.6 is 0 Å². The Morgan fingerprint density at radius 1 is 1.04 bits per heavy atom. The van der Waals surface area contributed by atoms with Crippen LogP contribution in [0.5, 0.6) is 5.75 Å². The van der Waals surface area contributed by atoms with Gasteiger partial charge in [0, 0.05) is 25.7 Å². The Labute approximate surface area is 138 Å². The summed E-state index contributed by atoms with van der Waals surface area (Å²) in [5.74, 6) is 1.70. The van der Waals surface area contributed by atoms with E-state index in [2.05, 4.69) is 52.9 Å². The highest BCUT2D eigenvalue weighted by Crippen LogP contribution is 2.20. The molecule has 0 radical (unpaired) electrons. The second kappa shape index (κ2) is 8.83. The first-order valence-electron chi connectivity index (χ1n) is 7.93. The third-order valence-corrected chi connectivity index (χ3v) is 3.50. The molecular formula is C19H25N3O. The largest absolute Gasteiger partial charge is 0.494 e. The van der Waals surface area contributed by atoms with Crippen LogP contribution in [0, 0.1) is 6.92 Å². The monoisotopic (exact) mass is 311 g/mol. The lowest BCUT2D eigenvalue weighted by atomic mass is 10.1. The summed E-state index contributed by atoms with van der Waals surface area (Å²) in [5, 5.41) is 6.65. The fourth-order valence-corrected chi connectivity index (χ4v) is 2.28. The maximum Gasteiger partial charge on any atom is 0.191 e. The number of aryl methyl sites for hydroxylation is 1. The summed E-state index contributed by atoms with van der Waals surface area (Å²) in [4.78, 5) is 4.26. The lowest BCUT2D eigenvalue weighted by Crippen LogP contribution is -2.36. The Bertz CT molecular complexity index is 638. The van der Waals surface area contributed by atoms with E-state index in [1.54, 1.807) is 7.05 Å². The highest BCUT2D eigenvalue weighted by atomic mass is 16.5. The number of hydrogen-bond acceptors (Lipinski definition) is 2. The number of nitrogens with one attached hydrogen (secondary N) is 2. The van der Waals surface area contributed by atoms with Crippen LogP contribution < -0.4 is 15.4 Å². The molecule has 2 aromatic rings. The van der Waals surface area contributed by atoms with Crippen LogP contribution in [0.25, 0.3) is 0 Å². The molecule has 0 fully saturated rings. The second-order valence-corrected chi connectivity index (χ2v) is 5.31. The van der Waals surface area contributed by atoms with Crippen molar-refractivity contribution in [3.63, 3.8) is 0 Å². The normalized spacial score (nSPS) is 11.2. The van der Waals surface area contributed by atoms with Crippen molar-refractivity contribution in [3.8, 4) is 5.75 Å². The van der Waals surface area contributed by atoms with Gasteiger partial charge in [-0.2, -0.15) is 0 Å². The van der Waals surface area contributed by atoms with E-state index >= 15 is 0 Å². The highest BCUT2D eigenvalue weighted by Gasteiger charge is 2.05. The topological polar surface area (TPSA) is 45.6 Å². The molecule has 23 heavy (non-hydrogen) atoms. The zero-order valence-electron chi connectivity index (χ0n) is 14.1. The molecular weight excluding hydrogens is 286 g/mol. The van der Waals surface area contributed by atoms with Crippen molar-refractivity contribution in [2.75, 3.05) is 13.7 Å². The van der Waals surface area contributed by atoms with Crippen LogP contribution in [0.1, 0.15) is 23.6 Å². The van der Waals surface area contributed by atoms with E-state index in [1.807, 2.05) is 25.1 Å². The number of guanidine groups is 1. The van der Waals surface area contributed by atoms with E-state index in [9.17, 15) is 0 Å². The Hall–Kier alpha value is -2.49. The van der Waals surface area contributed by atoms with Gasteiger partial charge in [-0.15, -0.1) is 0 Å². The van der Waals surface area contributed by atoms with Crippen LogP contribution in [0.3, 0.4) is 0 Å². The van der Waals surface area contributed by atoms with Gasteiger partial charge in [0.15, 0.2) is 5.96 Å². The summed E-state index contributed by atoms with van der Waals surface area (Å²) in [7, 11) is 1.78. The van der Waals surface area contributed by atoms with Gasteiger partial charge < -0.3 is 15.4 Å². The van der Waals surface area contributed by atoms with Gasteiger partial charge in [-0.25, -0.2) is 0 Å². The van der Waals surface area contributed by atoms with Gasteiger partial charge >= 0.3 is 0 Å². The van der Waals surface area contributed by atoms with E-state index in [0.717, 1.165) is 23.8 Å². The molecule has 0 spiro atoms. The van der Waals surface area contributed by atoms with E-state index in [0.29, 0.717) is 13.2 Å². The third-order valence-electron chi connectivity index (χ3n) is 3.50. The summed E-state index contributed by atoms with van der Waals surface area (Å²) in [6, 6.07) is 16.5. The molecule has 0 saturated carbocycles. The Morgan fingerprint density at radius 2 is 1.78 bits per heavy atom. The number of rotatable bonds is 6. The van der Waals surface area contributed by atoms with Gasteiger partial charge in [0.2, 0.25) is 0 Å². The predicted molar refractivity (Wildman–Crippen MR) is 95.8 cm³/mol. The average molecular weight is 311 g/mol. The zero-order chi connectivity index (χ0) is 16.5. The summed E-state index contributed by atoms with van der Waals surface area (Å²) in [6.07, 6.45) is 0. The van der Waals surface area contributed by atoms with Crippen molar-refractivity contribution in [3.05, 3.63) is 65.2 Å². The molecule has 2 rings (SSSR count). The smallest absolute Gasteiger partial charge is 0.191 e. The average Bonchev–Trinajstić information content (AvgIpc) is 2.58. The van der Waals surface area contributed by atoms with Crippen molar-refractivity contribution in [2.45, 2.75) is 26.9 Å². The van der Waals surface area contributed by atoms with Gasteiger partial charge in [0.05, 0.1) is 6.61 Å². The molecule has 4 heteroatoms. The van der Waals surface area contributed by atoms with Gasteiger partial charge in [-0.05, 0) is 31.0 Å². The molecule has 0 aliphatic rings. The zero-order valence-corrected chi connectivity index (χ0v) is 14.1. The van der Waals surface area contributed by atoms with Gasteiger partial charge in [-0.3, -0.25) is 4.99 Å². The first-order valence-corrected chi connectivity index (χ1v) is 7.93. The number of benzene rings is 2. The minimum atomic E-state index is 0.664. The SMILES string of the molecule is CCOc1cc(C)ccc1CNC(=NC)NCc1ccccc1. The molecule has 0 aliphatic carbocycles. The first kappa shape index (κ1) is 16.9. The molecule has 0 amide bonds. The first-order chi connectivity index (χ1) is 11.2. The van der Waals surface area contributed by atoms with Crippen LogP contribution in [0.2, 0.25) is 0 Å². The summed E-state index contributed by atoms with van der Waals surface area (Å²) < 4.78 is 5.71. The fraction of sp³-hybridized carbons (Fsp3) is 0.316. The van der Waals surface area contributed by atoms with Gasteiger partial charge in [0.25, 0.3) is 0 Å². The fourth-order valence-electron chi connectivity index (χ4n) is 2.28. The molecule has 0 aliphatic heterocycles. The maximum absolute atomic E-state index is 5.71. The van der Waals surface area contributed by atoms with Crippen molar-refractivity contribution >= 4 is 5.96 Å². The van der Waals surface area contributed by atoms with Crippen molar-refractivity contribution in [1.29, 1.82) is 0 Å². The minimum absolute atomic E-state index is 0.664. The Kier molecular flexibility index (Phi) is 6.48. The number of hydrogen-bond donors (Lipinski definition) is 2. The molecule has 0 unspecified atom stereocenters. The van der Waals surface area contributed by atoms with Crippen LogP contribution in [0.4, 0.5) is 0 Å². The van der Waals surface area contributed by atoms with Crippen molar-refractivity contribution in [1.82, 2.24) is 10.6 Å². The standard InChI is InChI=1S/C19H25N3O/c1-4-23-18-12-15(2)10-11-17(18)14-22-19(20-3)21-13-16-8-6-5-7-9-16/h5-12H,4,13-14H2,1-3H3,(H2,20,21,22). The molecule has 0 aromatic heterocycles. The van der Waals surface area contributed by atoms with Crippen LogP contribution in [-0.2, 0) is 13.1 Å². The van der Waals surface area contributed by atoms with E-state index in [-0.39, 0.29) is 0 Å². The lowest BCUT2D eigenvalue weighted by Gasteiger charge is -2.15. The third kappa shape index (κ3) is 5.33. The molecule has 0 bridgehead atoms.